The number of benzene rings is 1. The highest BCUT2D eigenvalue weighted by Crippen LogP contribution is 2.25. The number of nitrogens with one attached hydrogen (secondary N) is 1. The Morgan fingerprint density at radius 2 is 2.00 bits per heavy atom. The molecule has 1 N–H and O–H groups in total. The van der Waals surface area contributed by atoms with Gasteiger partial charge < -0.3 is 24.4 Å². The second kappa shape index (κ2) is 13.0. The summed E-state index contributed by atoms with van der Waals surface area (Å²) in [5.41, 5.74) is 1.09. The van der Waals surface area contributed by atoms with Crippen molar-refractivity contribution >= 4 is 29.9 Å². The lowest BCUT2D eigenvalue weighted by molar-refractivity contribution is 0.0394. The normalized spacial score (nSPS) is 15.0. The van der Waals surface area contributed by atoms with Crippen LogP contribution in [0.25, 0.3) is 0 Å². The molecule has 154 valence electrons. The monoisotopic (exact) mass is 492 g/mol. The molecule has 0 radical (unpaired) electrons. The lowest BCUT2D eigenvalue weighted by Crippen LogP contribution is -2.40. The molecule has 0 bridgehead atoms. The molecule has 0 atom stereocenters. The van der Waals surface area contributed by atoms with Gasteiger partial charge in [0.1, 0.15) is 11.5 Å². The molecule has 1 aliphatic rings. The van der Waals surface area contributed by atoms with Crippen LogP contribution in [0.2, 0.25) is 0 Å². The van der Waals surface area contributed by atoms with Crippen LogP contribution in [0.15, 0.2) is 23.2 Å². The third-order valence-electron chi connectivity index (χ3n) is 4.38. The maximum Gasteiger partial charge on any atom is 0.194 e. The van der Waals surface area contributed by atoms with E-state index in [2.05, 4.69) is 22.0 Å². The van der Waals surface area contributed by atoms with Crippen LogP contribution in [0.3, 0.4) is 0 Å². The van der Waals surface area contributed by atoms with Crippen molar-refractivity contribution in [2.75, 3.05) is 67.2 Å². The summed E-state index contributed by atoms with van der Waals surface area (Å²) in [5.74, 6) is 2.51. The summed E-state index contributed by atoms with van der Waals surface area (Å²) in [6.07, 6.45) is 0. The van der Waals surface area contributed by atoms with Gasteiger partial charge >= 0.3 is 0 Å². The van der Waals surface area contributed by atoms with Gasteiger partial charge in [-0.05, 0) is 19.1 Å². The van der Waals surface area contributed by atoms with Gasteiger partial charge in [0.2, 0.25) is 0 Å². The van der Waals surface area contributed by atoms with Gasteiger partial charge in [0.05, 0.1) is 34.0 Å². The summed E-state index contributed by atoms with van der Waals surface area (Å²) >= 11 is 0. The first-order valence-electron chi connectivity index (χ1n) is 9.18. The average Bonchev–Trinajstić information content (AvgIpc) is 2.68. The Labute approximate surface area is 180 Å². The van der Waals surface area contributed by atoms with E-state index in [-0.39, 0.29) is 24.0 Å². The maximum atomic E-state index is 5.50. The van der Waals surface area contributed by atoms with Gasteiger partial charge in [-0.15, -0.1) is 24.0 Å². The minimum Gasteiger partial charge on any atom is -0.497 e. The first kappa shape index (κ1) is 23.8. The number of aliphatic imine (C=N–C) groups is 1. The van der Waals surface area contributed by atoms with Gasteiger partial charge in [0, 0.05) is 51.4 Å². The fraction of sp³-hybridized carbons (Fsp3) is 0.632. The smallest absolute Gasteiger partial charge is 0.194 e. The SMILES string of the molecule is CCNC(=NCCN1CCOCC1)N(C)Cc1ccc(OC)cc1OC.I. The summed E-state index contributed by atoms with van der Waals surface area (Å²) < 4.78 is 16.2. The van der Waals surface area contributed by atoms with Crippen molar-refractivity contribution in [3.8, 4) is 11.5 Å². The lowest BCUT2D eigenvalue weighted by atomic mass is 10.2. The van der Waals surface area contributed by atoms with E-state index in [1.165, 1.54) is 0 Å². The summed E-state index contributed by atoms with van der Waals surface area (Å²) in [6.45, 7) is 8.97. The Morgan fingerprint density at radius 1 is 1.26 bits per heavy atom. The zero-order valence-electron chi connectivity index (χ0n) is 16.9. The molecule has 0 aliphatic carbocycles. The quantitative estimate of drug-likeness (QED) is 0.341. The van der Waals surface area contributed by atoms with Crippen LogP contribution in [0.4, 0.5) is 0 Å². The Hall–Kier alpha value is -1.26. The topological polar surface area (TPSA) is 58.6 Å². The highest BCUT2D eigenvalue weighted by atomic mass is 127. The largest absolute Gasteiger partial charge is 0.497 e. The van der Waals surface area contributed by atoms with Crippen molar-refractivity contribution in [2.24, 2.45) is 4.99 Å². The van der Waals surface area contributed by atoms with Gasteiger partial charge in [-0.2, -0.15) is 0 Å². The Morgan fingerprint density at radius 3 is 2.63 bits per heavy atom. The fourth-order valence-electron chi connectivity index (χ4n) is 2.90. The number of ether oxygens (including phenoxy) is 3. The number of hydrogen-bond donors (Lipinski definition) is 1. The maximum absolute atomic E-state index is 5.50. The first-order chi connectivity index (χ1) is 12.7. The van der Waals surface area contributed by atoms with E-state index in [1.54, 1.807) is 14.2 Å². The summed E-state index contributed by atoms with van der Waals surface area (Å²) in [5, 5.41) is 3.37. The Bertz CT molecular complexity index is 580. The number of guanidine groups is 1. The van der Waals surface area contributed by atoms with E-state index in [9.17, 15) is 0 Å². The number of halogens is 1. The predicted molar refractivity (Wildman–Crippen MR) is 120 cm³/mol. The predicted octanol–water partition coefficient (Wildman–Crippen LogP) is 2.05. The molecule has 0 saturated carbocycles. The molecule has 8 heteroatoms. The molecule has 2 rings (SSSR count). The van der Waals surface area contributed by atoms with Crippen molar-refractivity contribution in [1.29, 1.82) is 0 Å². The van der Waals surface area contributed by atoms with Crippen LogP contribution in [0, 0.1) is 0 Å². The second-order valence-electron chi connectivity index (χ2n) is 6.22. The zero-order chi connectivity index (χ0) is 18.8. The highest BCUT2D eigenvalue weighted by molar-refractivity contribution is 14.0. The molecular formula is C19H33IN4O3. The van der Waals surface area contributed by atoms with Crippen molar-refractivity contribution in [3.63, 3.8) is 0 Å². The third-order valence-corrected chi connectivity index (χ3v) is 4.38. The van der Waals surface area contributed by atoms with E-state index in [0.29, 0.717) is 6.54 Å². The molecule has 1 heterocycles. The van der Waals surface area contributed by atoms with Crippen molar-refractivity contribution in [2.45, 2.75) is 13.5 Å². The molecule has 1 aliphatic heterocycles. The number of morpholine rings is 1. The van der Waals surface area contributed by atoms with E-state index >= 15 is 0 Å². The molecule has 0 aromatic heterocycles. The first-order valence-corrected chi connectivity index (χ1v) is 9.18. The average molecular weight is 492 g/mol. The number of hydrogen-bond acceptors (Lipinski definition) is 5. The van der Waals surface area contributed by atoms with Gasteiger partial charge in [0.25, 0.3) is 0 Å². The minimum atomic E-state index is 0. The molecule has 0 unspecified atom stereocenters. The molecule has 0 spiro atoms. The van der Waals surface area contributed by atoms with Gasteiger partial charge in [0.15, 0.2) is 5.96 Å². The fourth-order valence-corrected chi connectivity index (χ4v) is 2.90. The second-order valence-corrected chi connectivity index (χ2v) is 6.22. The number of nitrogens with zero attached hydrogens (tertiary/aromatic N) is 3. The van der Waals surface area contributed by atoms with Crippen LogP contribution in [0.1, 0.15) is 12.5 Å². The molecule has 1 aromatic rings. The van der Waals surface area contributed by atoms with Crippen LogP contribution in [-0.4, -0.2) is 83.0 Å². The van der Waals surface area contributed by atoms with Crippen LogP contribution in [0.5, 0.6) is 11.5 Å². The molecule has 0 amide bonds. The van der Waals surface area contributed by atoms with Crippen LogP contribution < -0.4 is 14.8 Å². The standard InChI is InChI=1S/C19H32N4O3.HI/c1-5-20-19(21-8-9-23-10-12-26-13-11-23)22(2)15-16-6-7-17(24-3)14-18(16)25-4;/h6-7,14H,5,8-13,15H2,1-4H3,(H,20,21);1H. The van der Waals surface area contributed by atoms with Crippen LogP contribution in [-0.2, 0) is 11.3 Å². The van der Waals surface area contributed by atoms with Crippen molar-refractivity contribution in [1.82, 2.24) is 15.1 Å². The number of methoxy groups -OCH3 is 2. The van der Waals surface area contributed by atoms with Crippen LogP contribution >= 0.6 is 24.0 Å². The molecule has 7 nitrogen and oxygen atoms in total. The molecule has 1 aromatic carbocycles. The summed E-state index contributed by atoms with van der Waals surface area (Å²) in [4.78, 5) is 9.29. The number of rotatable bonds is 8. The molecule has 1 fully saturated rings. The molecular weight excluding hydrogens is 459 g/mol. The Kier molecular flexibility index (Phi) is 11.5. The van der Waals surface area contributed by atoms with Gasteiger partial charge in [-0.3, -0.25) is 9.89 Å². The van der Waals surface area contributed by atoms with Gasteiger partial charge in [-0.1, -0.05) is 0 Å². The zero-order valence-corrected chi connectivity index (χ0v) is 19.2. The Balaban J connectivity index is 0.00000364. The van der Waals surface area contributed by atoms with Crippen molar-refractivity contribution < 1.29 is 14.2 Å². The molecule has 1 saturated heterocycles. The lowest BCUT2D eigenvalue weighted by Gasteiger charge is -2.26. The van der Waals surface area contributed by atoms with E-state index in [1.807, 2.05) is 25.2 Å². The highest BCUT2D eigenvalue weighted by Gasteiger charge is 2.12. The van der Waals surface area contributed by atoms with E-state index < -0.39 is 0 Å². The summed E-state index contributed by atoms with van der Waals surface area (Å²) in [7, 11) is 5.38. The van der Waals surface area contributed by atoms with E-state index in [4.69, 9.17) is 19.2 Å². The molecule has 27 heavy (non-hydrogen) atoms. The van der Waals surface area contributed by atoms with E-state index in [0.717, 1.165) is 69.0 Å². The van der Waals surface area contributed by atoms with Crippen molar-refractivity contribution in [3.05, 3.63) is 23.8 Å². The minimum absolute atomic E-state index is 0. The summed E-state index contributed by atoms with van der Waals surface area (Å²) in [6, 6.07) is 5.89. The third kappa shape index (κ3) is 7.71. The van der Waals surface area contributed by atoms with Gasteiger partial charge in [-0.25, -0.2) is 0 Å².